The van der Waals surface area contributed by atoms with Gasteiger partial charge in [-0.3, -0.25) is 9.63 Å². The minimum Gasteiger partial charge on any atom is -0.272 e. The van der Waals surface area contributed by atoms with Gasteiger partial charge in [0, 0.05) is 0 Å². The Morgan fingerprint density at radius 2 is 1.62 bits per heavy atom. The maximum Gasteiger partial charge on any atom is 0.249 e. The van der Waals surface area contributed by atoms with E-state index in [0.29, 0.717) is 6.61 Å². The van der Waals surface area contributed by atoms with Crippen molar-refractivity contribution in [1.29, 1.82) is 0 Å². The molecule has 0 aromatic heterocycles. The van der Waals surface area contributed by atoms with Gasteiger partial charge in [-0.2, -0.15) is 0 Å². The van der Waals surface area contributed by atoms with Gasteiger partial charge in [0.25, 0.3) is 0 Å². The summed E-state index contributed by atoms with van der Waals surface area (Å²) in [5.41, 5.74) is 3.72. The number of carbonyl (C=O) groups excluding carboxylic acids is 1. The number of hydroxylamine groups is 1. The third kappa shape index (κ3) is 2.48. The SMILES string of the molecule is O=C(NOCc1ccccc1)C12CC3CC(CC(C3)C1)C2. The van der Waals surface area contributed by atoms with E-state index >= 15 is 0 Å². The van der Waals surface area contributed by atoms with Gasteiger partial charge >= 0.3 is 0 Å². The van der Waals surface area contributed by atoms with Crippen LogP contribution in [0.3, 0.4) is 0 Å². The zero-order valence-electron chi connectivity index (χ0n) is 12.4. The van der Waals surface area contributed by atoms with Crippen LogP contribution in [0.1, 0.15) is 44.1 Å². The smallest absolute Gasteiger partial charge is 0.249 e. The summed E-state index contributed by atoms with van der Waals surface area (Å²) < 4.78 is 0. The van der Waals surface area contributed by atoms with E-state index < -0.39 is 0 Å². The van der Waals surface area contributed by atoms with Crippen LogP contribution in [0.25, 0.3) is 0 Å². The van der Waals surface area contributed by atoms with Crippen LogP contribution in [-0.4, -0.2) is 5.91 Å². The van der Waals surface area contributed by atoms with Crippen molar-refractivity contribution in [2.75, 3.05) is 0 Å². The molecule has 0 unspecified atom stereocenters. The highest BCUT2D eigenvalue weighted by Crippen LogP contribution is 2.60. The molecule has 4 saturated carbocycles. The highest BCUT2D eigenvalue weighted by Gasteiger charge is 2.54. The highest BCUT2D eigenvalue weighted by atomic mass is 16.6. The van der Waals surface area contributed by atoms with E-state index in [0.717, 1.165) is 42.6 Å². The first-order valence-electron chi connectivity index (χ1n) is 8.20. The minimum atomic E-state index is -0.120. The third-order valence-corrected chi connectivity index (χ3v) is 5.77. The first-order valence-corrected chi connectivity index (χ1v) is 8.20. The van der Waals surface area contributed by atoms with Crippen molar-refractivity contribution in [2.45, 2.75) is 45.1 Å². The lowest BCUT2D eigenvalue weighted by Crippen LogP contribution is -2.53. The lowest BCUT2D eigenvalue weighted by molar-refractivity contribution is -0.160. The minimum absolute atomic E-state index is 0.120. The van der Waals surface area contributed by atoms with E-state index in [1.54, 1.807) is 0 Å². The molecule has 1 N–H and O–H groups in total. The van der Waals surface area contributed by atoms with Crippen LogP contribution < -0.4 is 5.48 Å². The molecular formula is C18H23NO2. The predicted octanol–water partition coefficient (Wildman–Crippen LogP) is 3.45. The summed E-state index contributed by atoms with van der Waals surface area (Å²) in [7, 11) is 0. The molecule has 4 fully saturated rings. The van der Waals surface area contributed by atoms with Gasteiger partial charge in [0.1, 0.15) is 0 Å². The van der Waals surface area contributed by atoms with Crippen molar-refractivity contribution in [3.8, 4) is 0 Å². The Morgan fingerprint density at radius 3 is 2.19 bits per heavy atom. The summed E-state index contributed by atoms with van der Waals surface area (Å²) in [5.74, 6) is 2.50. The van der Waals surface area contributed by atoms with Crippen LogP contribution in [0.4, 0.5) is 0 Å². The van der Waals surface area contributed by atoms with Crippen LogP contribution in [0.15, 0.2) is 30.3 Å². The van der Waals surface area contributed by atoms with E-state index in [2.05, 4.69) is 5.48 Å². The van der Waals surface area contributed by atoms with Crippen molar-refractivity contribution in [3.63, 3.8) is 0 Å². The molecule has 4 aliphatic rings. The molecular weight excluding hydrogens is 262 g/mol. The molecule has 5 rings (SSSR count). The number of benzene rings is 1. The van der Waals surface area contributed by atoms with E-state index in [9.17, 15) is 4.79 Å². The first kappa shape index (κ1) is 13.3. The highest BCUT2D eigenvalue weighted by molar-refractivity contribution is 5.82. The zero-order valence-corrected chi connectivity index (χ0v) is 12.4. The molecule has 1 aromatic carbocycles. The van der Waals surface area contributed by atoms with Crippen molar-refractivity contribution in [1.82, 2.24) is 5.48 Å². The molecule has 3 nitrogen and oxygen atoms in total. The van der Waals surface area contributed by atoms with Crippen LogP contribution in [0, 0.1) is 23.2 Å². The normalized spacial score (nSPS) is 36.7. The lowest BCUT2D eigenvalue weighted by atomic mass is 9.49. The molecule has 112 valence electrons. The Morgan fingerprint density at radius 1 is 1.05 bits per heavy atom. The average Bonchev–Trinajstić information content (AvgIpc) is 2.47. The first-order chi connectivity index (χ1) is 10.2. The van der Waals surface area contributed by atoms with Crippen molar-refractivity contribution in [3.05, 3.63) is 35.9 Å². The summed E-state index contributed by atoms with van der Waals surface area (Å²) in [5, 5.41) is 0. The molecule has 21 heavy (non-hydrogen) atoms. The quantitative estimate of drug-likeness (QED) is 0.860. The van der Waals surface area contributed by atoms with Gasteiger partial charge in [-0.15, -0.1) is 0 Å². The second kappa shape index (κ2) is 5.13. The maximum absolute atomic E-state index is 12.7. The Labute approximate surface area is 126 Å². The van der Waals surface area contributed by atoms with Gasteiger partial charge in [-0.1, -0.05) is 30.3 Å². The average molecular weight is 285 g/mol. The van der Waals surface area contributed by atoms with E-state index in [-0.39, 0.29) is 11.3 Å². The fraction of sp³-hybridized carbons (Fsp3) is 0.611. The van der Waals surface area contributed by atoms with Gasteiger partial charge in [0.05, 0.1) is 12.0 Å². The molecule has 0 saturated heterocycles. The predicted molar refractivity (Wildman–Crippen MR) is 80.0 cm³/mol. The molecule has 4 bridgehead atoms. The maximum atomic E-state index is 12.7. The number of carbonyl (C=O) groups is 1. The van der Waals surface area contributed by atoms with Crippen molar-refractivity contribution in [2.24, 2.45) is 23.2 Å². The number of hydrogen-bond donors (Lipinski definition) is 1. The standard InChI is InChI=1S/C18H23NO2/c20-17(19-21-12-13-4-2-1-3-5-13)18-9-14-6-15(10-18)8-16(7-14)11-18/h1-5,14-16H,6-12H2,(H,19,20). The van der Waals surface area contributed by atoms with E-state index in [4.69, 9.17) is 4.84 Å². The Hall–Kier alpha value is -1.35. The monoisotopic (exact) mass is 285 g/mol. The fourth-order valence-electron chi connectivity index (χ4n) is 5.26. The Bertz CT molecular complexity index is 490. The molecule has 0 radical (unpaired) electrons. The molecule has 0 atom stereocenters. The van der Waals surface area contributed by atoms with Gasteiger partial charge in [-0.05, 0) is 61.8 Å². The van der Waals surface area contributed by atoms with Crippen molar-refractivity contribution >= 4 is 5.91 Å². The van der Waals surface area contributed by atoms with E-state index in [1.165, 1.54) is 19.3 Å². The summed E-state index contributed by atoms with van der Waals surface area (Å²) >= 11 is 0. The van der Waals surface area contributed by atoms with Crippen molar-refractivity contribution < 1.29 is 9.63 Å². The molecule has 0 aliphatic heterocycles. The van der Waals surface area contributed by atoms with Crippen LogP contribution in [0.5, 0.6) is 0 Å². The number of nitrogens with one attached hydrogen (secondary N) is 1. The van der Waals surface area contributed by atoms with Gasteiger partial charge in [-0.25, -0.2) is 5.48 Å². The van der Waals surface area contributed by atoms with Gasteiger partial charge in [0.2, 0.25) is 5.91 Å². The molecule has 1 amide bonds. The zero-order chi connectivity index (χ0) is 14.3. The fourth-order valence-corrected chi connectivity index (χ4v) is 5.26. The molecule has 1 aromatic rings. The topological polar surface area (TPSA) is 38.3 Å². The second-order valence-electron chi connectivity index (χ2n) is 7.40. The Kier molecular flexibility index (Phi) is 3.26. The summed E-state index contributed by atoms with van der Waals surface area (Å²) in [6, 6.07) is 9.98. The van der Waals surface area contributed by atoms with Crippen LogP contribution in [0.2, 0.25) is 0 Å². The molecule has 0 spiro atoms. The number of hydrogen-bond acceptors (Lipinski definition) is 2. The number of rotatable bonds is 4. The van der Waals surface area contributed by atoms with Gasteiger partial charge in [0.15, 0.2) is 0 Å². The Balaban J connectivity index is 1.37. The molecule has 0 heterocycles. The van der Waals surface area contributed by atoms with Gasteiger partial charge < -0.3 is 0 Å². The lowest BCUT2D eigenvalue weighted by Gasteiger charge is -2.55. The largest absolute Gasteiger partial charge is 0.272 e. The summed E-state index contributed by atoms with van der Waals surface area (Å²) in [4.78, 5) is 18.1. The molecule has 3 heteroatoms. The van der Waals surface area contributed by atoms with Crippen LogP contribution in [-0.2, 0) is 16.2 Å². The third-order valence-electron chi connectivity index (χ3n) is 5.77. The van der Waals surface area contributed by atoms with Crippen LogP contribution >= 0.6 is 0 Å². The summed E-state index contributed by atoms with van der Waals surface area (Å²) in [6.07, 6.45) is 7.32. The van der Waals surface area contributed by atoms with E-state index in [1.807, 2.05) is 30.3 Å². The summed E-state index contributed by atoms with van der Waals surface area (Å²) in [6.45, 7) is 0.443. The second-order valence-corrected chi connectivity index (χ2v) is 7.40. The number of amides is 1. The molecule has 4 aliphatic carbocycles.